The Kier molecular flexibility index (Phi) is 1.55. The largest absolute Gasteiger partial charge is 0.281 e. The number of hydrogen-bond acceptors (Lipinski definition) is 1. The molecule has 0 amide bonds. The van der Waals surface area contributed by atoms with E-state index in [1.54, 1.807) is 0 Å². The van der Waals surface area contributed by atoms with Crippen LogP contribution in [0.25, 0.3) is 0 Å². The van der Waals surface area contributed by atoms with Gasteiger partial charge in [-0.2, -0.15) is 0 Å². The summed E-state index contributed by atoms with van der Waals surface area (Å²) in [6.07, 6.45) is 1.94. The molecule has 0 aliphatic heterocycles. The minimum Gasteiger partial charge on any atom is -0.281 e. The average molecular weight is 147 g/mol. The van der Waals surface area contributed by atoms with Crippen molar-refractivity contribution in [3.05, 3.63) is 0 Å². The van der Waals surface area contributed by atoms with Crippen molar-refractivity contribution in [3.63, 3.8) is 0 Å². The summed E-state index contributed by atoms with van der Waals surface area (Å²) < 4.78 is 0. The maximum atomic E-state index is 10.5. The zero-order valence-corrected chi connectivity index (χ0v) is 6.53. The molecule has 1 fully saturated rings. The Bertz CT molecular complexity index is 132. The number of carbonyl (C=O) groups excluding carboxylic acids is 1. The Morgan fingerprint density at radius 3 is 2.11 bits per heavy atom. The predicted octanol–water partition coefficient (Wildman–Crippen LogP) is 2.19. The minimum absolute atomic E-state index is 0.154. The van der Waals surface area contributed by atoms with E-state index in [2.05, 4.69) is 13.8 Å². The highest BCUT2D eigenvalue weighted by molar-refractivity contribution is 6.64. The highest BCUT2D eigenvalue weighted by Gasteiger charge is 2.39. The number of rotatable bonds is 1. The minimum atomic E-state index is -0.158. The number of hydrogen-bond donors (Lipinski definition) is 0. The number of carbonyl (C=O) groups is 1. The van der Waals surface area contributed by atoms with Crippen LogP contribution in [0.3, 0.4) is 0 Å². The number of halogens is 1. The van der Waals surface area contributed by atoms with Crippen LogP contribution in [0.2, 0.25) is 0 Å². The van der Waals surface area contributed by atoms with Gasteiger partial charge in [0.15, 0.2) is 0 Å². The fourth-order valence-electron chi connectivity index (χ4n) is 1.43. The molecule has 0 aromatic carbocycles. The van der Waals surface area contributed by atoms with Gasteiger partial charge in [-0.25, -0.2) is 0 Å². The summed E-state index contributed by atoms with van der Waals surface area (Å²) in [4.78, 5) is 10.5. The zero-order chi connectivity index (χ0) is 7.07. The first kappa shape index (κ1) is 7.07. The van der Waals surface area contributed by atoms with Gasteiger partial charge in [0, 0.05) is 5.92 Å². The topological polar surface area (TPSA) is 17.1 Å². The predicted molar refractivity (Wildman–Crippen MR) is 37.4 cm³/mol. The van der Waals surface area contributed by atoms with E-state index in [1.165, 1.54) is 0 Å². The fourth-order valence-corrected chi connectivity index (χ4v) is 1.59. The van der Waals surface area contributed by atoms with E-state index >= 15 is 0 Å². The van der Waals surface area contributed by atoms with Gasteiger partial charge in [-0.1, -0.05) is 13.8 Å². The van der Waals surface area contributed by atoms with Crippen LogP contribution in [0.15, 0.2) is 0 Å². The summed E-state index contributed by atoms with van der Waals surface area (Å²) in [5, 5.41) is -0.158. The van der Waals surface area contributed by atoms with Gasteiger partial charge in [-0.05, 0) is 29.9 Å². The van der Waals surface area contributed by atoms with Crippen LogP contribution in [-0.2, 0) is 4.79 Å². The van der Waals surface area contributed by atoms with Crippen LogP contribution < -0.4 is 0 Å². The van der Waals surface area contributed by atoms with Crippen molar-refractivity contribution >= 4 is 16.8 Å². The summed E-state index contributed by atoms with van der Waals surface area (Å²) in [6, 6.07) is 0. The molecule has 0 aromatic heterocycles. The van der Waals surface area contributed by atoms with Gasteiger partial charge < -0.3 is 0 Å². The third-order valence-electron chi connectivity index (χ3n) is 1.92. The van der Waals surface area contributed by atoms with Crippen molar-refractivity contribution in [1.82, 2.24) is 0 Å². The summed E-state index contributed by atoms with van der Waals surface area (Å²) >= 11 is 5.27. The van der Waals surface area contributed by atoms with E-state index in [1.807, 2.05) is 0 Å². The van der Waals surface area contributed by atoms with Crippen molar-refractivity contribution in [3.8, 4) is 0 Å². The second-order valence-corrected chi connectivity index (χ2v) is 3.95. The van der Waals surface area contributed by atoms with Crippen molar-refractivity contribution in [2.24, 2.45) is 11.3 Å². The molecule has 1 nitrogen and oxygen atoms in total. The van der Waals surface area contributed by atoms with Crippen molar-refractivity contribution in [2.75, 3.05) is 0 Å². The fraction of sp³-hybridized carbons (Fsp3) is 0.857. The second kappa shape index (κ2) is 1.98. The van der Waals surface area contributed by atoms with E-state index in [4.69, 9.17) is 11.6 Å². The van der Waals surface area contributed by atoms with Gasteiger partial charge >= 0.3 is 0 Å². The molecule has 0 spiro atoms. The molecular formula is C7H11ClO. The molecule has 0 bridgehead atoms. The molecule has 9 heavy (non-hydrogen) atoms. The van der Waals surface area contributed by atoms with Gasteiger partial charge in [0.2, 0.25) is 5.24 Å². The molecule has 2 heteroatoms. The van der Waals surface area contributed by atoms with Gasteiger partial charge in [0.1, 0.15) is 0 Å². The van der Waals surface area contributed by atoms with Crippen LogP contribution in [0.5, 0.6) is 0 Å². The lowest BCUT2D eigenvalue weighted by atomic mass is 9.65. The molecule has 0 aromatic rings. The summed E-state index contributed by atoms with van der Waals surface area (Å²) in [5.74, 6) is 0.154. The molecule has 1 saturated carbocycles. The maximum absolute atomic E-state index is 10.5. The van der Waals surface area contributed by atoms with Crippen LogP contribution in [-0.4, -0.2) is 5.24 Å². The molecule has 0 unspecified atom stereocenters. The van der Waals surface area contributed by atoms with E-state index in [9.17, 15) is 4.79 Å². The first-order valence-corrected chi connectivity index (χ1v) is 3.58. The van der Waals surface area contributed by atoms with Gasteiger partial charge in [0.05, 0.1) is 0 Å². The molecule has 0 N–H and O–H groups in total. The second-order valence-electron chi connectivity index (χ2n) is 3.57. The Balaban J connectivity index is 2.35. The monoisotopic (exact) mass is 146 g/mol. The molecule has 0 saturated heterocycles. The lowest BCUT2D eigenvalue weighted by Gasteiger charge is -2.40. The highest BCUT2D eigenvalue weighted by Crippen LogP contribution is 2.45. The summed E-state index contributed by atoms with van der Waals surface area (Å²) in [7, 11) is 0. The van der Waals surface area contributed by atoms with Crippen LogP contribution in [0.4, 0.5) is 0 Å². The zero-order valence-electron chi connectivity index (χ0n) is 5.78. The summed E-state index contributed by atoms with van der Waals surface area (Å²) in [6.45, 7) is 4.31. The quantitative estimate of drug-likeness (QED) is 0.519. The van der Waals surface area contributed by atoms with Crippen molar-refractivity contribution in [1.29, 1.82) is 0 Å². The molecule has 1 aliphatic rings. The van der Waals surface area contributed by atoms with E-state index < -0.39 is 0 Å². The molecule has 0 atom stereocenters. The Labute approximate surface area is 60.4 Å². The van der Waals surface area contributed by atoms with Gasteiger partial charge in [0.25, 0.3) is 0 Å². The lowest BCUT2D eigenvalue weighted by Crippen LogP contribution is -2.34. The van der Waals surface area contributed by atoms with Crippen LogP contribution >= 0.6 is 11.6 Å². The third kappa shape index (κ3) is 1.45. The molecular weight excluding hydrogens is 136 g/mol. The molecule has 0 radical (unpaired) electrons. The third-order valence-corrected chi connectivity index (χ3v) is 2.23. The van der Waals surface area contributed by atoms with E-state index in [0.29, 0.717) is 5.41 Å². The molecule has 1 aliphatic carbocycles. The highest BCUT2D eigenvalue weighted by atomic mass is 35.5. The Morgan fingerprint density at radius 2 is 2.00 bits per heavy atom. The maximum Gasteiger partial charge on any atom is 0.224 e. The Hall–Kier alpha value is -0.0400. The molecule has 52 valence electrons. The van der Waals surface area contributed by atoms with Crippen molar-refractivity contribution < 1.29 is 4.79 Å². The van der Waals surface area contributed by atoms with Crippen LogP contribution in [0, 0.1) is 11.3 Å². The first-order valence-electron chi connectivity index (χ1n) is 3.21. The van der Waals surface area contributed by atoms with E-state index in [0.717, 1.165) is 12.8 Å². The normalized spacial score (nSPS) is 25.2. The molecule has 1 rings (SSSR count). The summed E-state index contributed by atoms with van der Waals surface area (Å²) in [5.41, 5.74) is 0.370. The first-order chi connectivity index (χ1) is 4.01. The lowest BCUT2D eigenvalue weighted by molar-refractivity contribution is -0.121. The van der Waals surface area contributed by atoms with Crippen molar-refractivity contribution in [2.45, 2.75) is 26.7 Å². The van der Waals surface area contributed by atoms with Crippen LogP contribution in [0.1, 0.15) is 26.7 Å². The Morgan fingerprint density at radius 1 is 1.56 bits per heavy atom. The van der Waals surface area contributed by atoms with Gasteiger partial charge in [-0.15, -0.1) is 0 Å². The SMILES string of the molecule is CC1(C)CC(C(=O)Cl)C1. The van der Waals surface area contributed by atoms with Gasteiger partial charge in [-0.3, -0.25) is 4.79 Å². The average Bonchev–Trinajstić information content (AvgIpc) is 1.59. The van der Waals surface area contributed by atoms with E-state index in [-0.39, 0.29) is 11.2 Å². The standard InChI is InChI=1S/C7H11ClO/c1-7(2)3-5(4-7)6(8)9/h5H,3-4H2,1-2H3. The molecule has 0 heterocycles. The smallest absolute Gasteiger partial charge is 0.224 e.